The number of anilines is 1. The summed E-state index contributed by atoms with van der Waals surface area (Å²) in [5, 5.41) is 15.2. The third-order valence-corrected chi connectivity index (χ3v) is 5.58. The van der Waals surface area contributed by atoms with Gasteiger partial charge in [0.1, 0.15) is 0 Å². The van der Waals surface area contributed by atoms with Gasteiger partial charge in [-0.1, -0.05) is 5.10 Å². The molecule has 3 fully saturated rings. The van der Waals surface area contributed by atoms with Crippen LogP contribution in [0, 0.1) is 11.3 Å². The maximum absolute atomic E-state index is 11.7. The van der Waals surface area contributed by atoms with E-state index in [-0.39, 0.29) is 11.8 Å². The van der Waals surface area contributed by atoms with Gasteiger partial charge < -0.3 is 15.0 Å². The lowest BCUT2D eigenvalue weighted by Crippen LogP contribution is -2.47. The first-order chi connectivity index (χ1) is 11.8. The van der Waals surface area contributed by atoms with Crippen LogP contribution in [0.25, 0.3) is 0 Å². The summed E-state index contributed by atoms with van der Waals surface area (Å²) in [7, 11) is 0. The summed E-state index contributed by atoms with van der Waals surface area (Å²) in [5.74, 6) is 1.25. The molecule has 3 heterocycles. The Kier molecular flexibility index (Phi) is 4.39. The standard InChI is InChI=1S/C16H26N6O2/c23-14(13-2-3-13)17-7-9-22-15(18-19-20-22)21-8-1-4-16(12-21)5-10-24-11-6-16/h13H,1-12H2,(H,17,23). The number of carbonyl (C=O) groups excluding carboxylic acids is 1. The lowest BCUT2D eigenvalue weighted by molar-refractivity contribution is -0.122. The number of rotatable bonds is 5. The quantitative estimate of drug-likeness (QED) is 0.849. The number of hydrogen-bond acceptors (Lipinski definition) is 6. The van der Waals surface area contributed by atoms with Crippen LogP contribution < -0.4 is 10.2 Å². The lowest BCUT2D eigenvalue weighted by atomic mass is 9.74. The molecule has 1 aliphatic carbocycles. The van der Waals surface area contributed by atoms with Gasteiger partial charge in [0.2, 0.25) is 11.9 Å². The van der Waals surface area contributed by atoms with Crippen molar-refractivity contribution in [1.82, 2.24) is 25.5 Å². The van der Waals surface area contributed by atoms with Gasteiger partial charge in [-0.2, -0.15) is 0 Å². The SMILES string of the molecule is O=C(NCCn1nnnc1N1CCCC2(CCOCC2)C1)C1CC1. The van der Waals surface area contributed by atoms with Crippen LogP contribution in [0.15, 0.2) is 0 Å². The molecule has 4 rings (SSSR count). The van der Waals surface area contributed by atoms with Gasteiger partial charge in [0.15, 0.2) is 0 Å². The fraction of sp³-hybridized carbons (Fsp3) is 0.875. The Hall–Kier alpha value is -1.70. The molecule has 1 N–H and O–H groups in total. The van der Waals surface area contributed by atoms with E-state index >= 15 is 0 Å². The fourth-order valence-electron chi connectivity index (χ4n) is 3.94. The van der Waals surface area contributed by atoms with Gasteiger partial charge in [0.25, 0.3) is 0 Å². The van der Waals surface area contributed by atoms with Crippen molar-refractivity contribution in [2.24, 2.45) is 11.3 Å². The van der Waals surface area contributed by atoms with Crippen molar-refractivity contribution in [3.63, 3.8) is 0 Å². The average Bonchev–Trinajstić information content (AvgIpc) is 3.35. The first-order valence-corrected chi connectivity index (χ1v) is 9.12. The van der Waals surface area contributed by atoms with Crippen molar-refractivity contribution in [3.8, 4) is 0 Å². The Morgan fingerprint density at radius 1 is 1.29 bits per heavy atom. The number of hydrogen-bond donors (Lipinski definition) is 1. The molecule has 3 aliphatic rings. The van der Waals surface area contributed by atoms with E-state index in [0.717, 1.165) is 57.9 Å². The van der Waals surface area contributed by atoms with Crippen LogP contribution in [0.3, 0.4) is 0 Å². The van der Waals surface area contributed by atoms with E-state index in [4.69, 9.17) is 4.74 Å². The van der Waals surface area contributed by atoms with E-state index < -0.39 is 0 Å². The molecule has 2 aliphatic heterocycles. The second-order valence-electron chi connectivity index (χ2n) is 7.40. The van der Waals surface area contributed by atoms with E-state index in [1.807, 2.05) is 4.68 Å². The highest BCUT2D eigenvalue weighted by atomic mass is 16.5. The summed E-state index contributed by atoms with van der Waals surface area (Å²) >= 11 is 0. The summed E-state index contributed by atoms with van der Waals surface area (Å²) in [6.07, 6.45) is 6.76. The minimum atomic E-state index is 0.170. The molecule has 132 valence electrons. The van der Waals surface area contributed by atoms with E-state index in [1.165, 1.54) is 12.8 Å². The van der Waals surface area contributed by atoms with Gasteiger partial charge in [-0.15, -0.1) is 0 Å². The molecular weight excluding hydrogens is 308 g/mol. The van der Waals surface area contributed by atoms with E-state index in [1.54, 1.807) is 0 Å². The zero-order chi connectivity index (χ0) is 16.4. The minimum Gasteiger partial charge on any atom is -0.381 e. The first-order valence-electron chi connectivity index (χ1n) is 9.12. The fourth-order valence-corrected chi connectivity index (χ4v) is 3.94. The molecule has 0 radical (unpaired) electrons. The molecule has 8 heteroatoms. The number of tetrazole rings is 1. The molecule has 24 heavy (non-hydrogen) atoms. The first kappa shape index (κ1) is 15.8. The molecule has 0 aromatic carbocycles. The normalized spacial score (nSPS) is 23.4. The van der Waals surface area contributed by atoms with Gasteiger partial charge >= 0.3 is 0 Å². The highest BCUT2D eigenvalue weighted by Crippen LogP contribution is 2.40. The molecule has 0 unspecified atom stereocenters. The highest BCUT2D eigenvalue weighted by Gasteiger charge is 2.38. The van der Waals surface area contributed by atoms with Crippen molar-refractivity contribution < 1.29 is 9.53 Å². The third-order valence-electron chi connectivity index (χ3n) is 5.58. The average molecular weight is 334 g/mol. The van der Waals surface area contributed by atoms with Crippen LogP contribution in [-0.2, 0) is 16.1 Å². The van der Waals surface area contributed by atoms with Crippen LogP contribution >= 0.6 is 0 Å². The molecule has 8 nitrogen and oxygen atoms in total. The summed E-state index contributed by atoms with van der Waals surface area (Å²) in [6.45, 7) is 4.94. The molecule has 1 aromatic heterocycles. The summed E-state index contributed by atoms with van der Waals surface area (Å²) < 4.78 is 7.37. The number of carbonyl (C=O) groups is 1. The molecular formula is C16H26N6O2. The summed E-state index contributed by atoms with van der Waals surface area (Å²) in [6, 6.07) is 0. The Bertz CT molecular complexity index is 573. The number of ether oxygens (including phenoxy) is 1. The van der Waals surface area contributed by atoms with Gasteiger partial charge in [0.05, 0.1) is 6.54 Å². The van der Waals surface area contributed by atoms with Crippen molar-refractivity contribution in [3.05, 3.63) is 0 Å². The smallest absolute Gasteiger partial charge is 0.245 e. The molecule has 1 spiro atoms. The van der Waals surface area contributed by atoms with Gasteiger partial charge in [-0.25, -0.2) is 4.68 Å². The van der Waals surface area contributed by atoms with Gasteiger partial charge in [-0.05, 0) is 54.4 Å². The van der Waals surface area contributed by atoms with E-state index in [9.17, 15) is 4.79 Å². The monoisotopic (exact) mass is 334 g/mol. The van der Waals surface area contributed by atoms with Crippen molar-refractivity contribution in [2.45, 2.75) is 45.1 Å². The maximum Gasteiger partial charge on any atom is 0.245 e. The second-order valence-corrected chi connectivity index (χ2v) is 7.40. The molecule has 1 amide bonds. The molecule has 0 bridgehead atoms. The number of nitrogens with one attached hydrogen (secondary N) is 1. The zero-order valence-electron chi connectivity index (χ0n) is 14.1. The summed E-state index contributed by atoms with van der Waals surface area (Å²) in [4.78, 5) is 14.0. The third kappa shape index (κ3) is 3.38. The highest BCUT2D eigenvalue weighted by molar-refractivity contribution is 5.80. The number of aromatic nitrogens is 4. The van der Waals surface area contributed by atoms with E-state index in [2.05, 4.69) is 25.7 Å². The Balaban J connectivity index is 1.37. The van der Waals surface area contributed by atoms with Crippen molar-refractivity contribution in [1.29, 1.82) is 0 Å². The lowest BCUT2D eigenvalue weighted by Gasteiger charge is -2.45. The predicted molar refractivity (Wildman–Crippen MR) is 87.5 cm³/mol. The molecule has 1 saturated carbocycles. The molecule has 2 saturated heterocycles. The van der Waals surface area contributed by atoms with Gasteiger partial charge in [-0.3, -0.25) is 4.79 Å². The van der Waals surface area contributed by atoms with Gasteiger partial charge in [0, 0.05) is 38.8 Å². The van der Waals surface area contributed by atoms with Crippen LogP contribution in [0.4, 0.5) is 5.95 Å². The van der Waals surface area contributed by atoms with E-state index in [0.29, 0.717) is 18.5 Å². The van der Waals surface area contributed by atoms with Crippen LogP contribution in [0.5, 0.6) is 0 Å². The van der Waals surface area contributed by atoms with Crippen LogP contribution in [0.1, 0.15) is 38.5 Å². The Labute approximate surface area is 141 Å². The summed E-state index contributed by atoms with van der Waals surface area (Å²) in [5.41, 5.74) is 0.355. The maximum atomic E-state index is 11.7. The number of amides is 1. The number of nitrogens with zero attached hydrogens (tertiary/aromatic N) is 5. The zero-order valence-corrected chi connectivity index (χ0v) is 14.1. The Morgan fingerprint density at radius 2 is 2.12 bits per heavy atom. The predicted octanol–water partition coefficient (Wildman–Crippen LogP) is 0.596. The minimum absolute atomic E-state index is 0.170. The van der Waals surface area contributed by atoms with Crippen molar-refractivity contribution in [2.75, 3.05) is 37.7 Å². The topological polar surface area (TPSA) is 85.2 Å². The van der Waals surface area contributed by atoms with Crippen molar-refractivity contribution >= 4 is 11.9 Å². The molecule has 1 aromatic rings. The Morgan fingerprint density at radius 3 is 2.92 bits per heavy atom. The number of piperidine rings is 1. The van der Waals surface area contributed by atoms with Crippen LogP contribution in [0.2, 0.25) is 0 Å². The molecule has 0 atom stereocenters. The largest absolute Gasteiger partial charge is 0.381 e. The second kappa shape index (κ2) is 6.66. The van der Waals surface area contributed by atoms with Crippen LogP contribution in [-0.4, -0.2) is 59.0 Å².